The van der Waals surface area contributed by atoms with E-state index in [1.165, 1.54) is 6.07 Å². The lowest BCUT2D eigenvalue weighted by atomic mass is 10.1. The zero-order valence-electron chi connectivity index (χ0n) is 13.2. The van der Waals surface area contributed by atoms with Gasteiger partial charge in [-0.2, -0.15) is 0 Å². The van der Waals surface area contributed by atoms with Crippen LogP contribution in [-0.2, 0) is 6.54 Å². The summed E-state index contributed by atoms with van der Waals surface area (Å²) in [6.45, 7) is 2.38. The van der Waals surface area contributed by atoms with Crippen molar-refractivity contribution < 1.29 is 14.1 Å². The van der Waals surface area contributed by atoms with Crippen LogP contribution < -0.4 is 0 Å². The van der Waals surface area contributed by atoms with Crippen LogP contribution in [0.15, 0.2) is 42.5 Å². The topological polar surface area (TPSA) is 63.5 Å². The van der Waals surface area contributed by atoms with Crippen molar-refractivity contribution in [2.75, 3.05) is 0 Å². The van der Waals surface area contributed by atoms with E-state index in [1.54, 1.807) is 4.90 Å². The van der Waals surface area contributed by atoms with Gasteiger partial charge >= 0.3 is 0 Å². The molecule has 24 heavy (non-hydrogen) atoms. The van der Waals surface area contributed by atoms with Crippen LogP contribution in [0.25, 0.3) is 0 Å². The standard InChI is InChI=1S/C18H17FN2O3/c1-12-3-2-4-13(9-12)11-20(14-5-6-14)18(22)16-8-7-15(21(23)24)10-17(16)19/h2-4,7-10,14H,5-6,11H2,1H3. The molecule has 1 aliphatic rings. The molecule has 0 saturated heterocycles. The maximum absolute atomic E-state index is 14.2. The third-order valence-corrected chi connectivity index (χ3v) is 4.08. The molecule has 0 unspecified atom stereocenters. The summed E-state index contributed by atoms with van der Waals surface area (Å²) < 4.78 is 14.2. The van der Waals surface area contributed by atoms with Crippen LogP contribution in [0, 0.1) is 22.9 Å². The molecule has 0 atom stereocenters. The van der Waals surface area contributed by atoms with Crippen LogP contribution in [-0.4, -0.2) is 21.8 Å². The van der Waals surface area contributed by atoms with Gasteiger partial charge in [-0.3, -0.25) is 14.9 Å². The monoisotopic (exact) mass is 328 g/mol. The predicted octanol–water partition coefficient (Wildman–Crippen LogP) is 3.85. The SMILES string of the molecule is Cc1cccc(CN(C(=O)c2ccc([N+](=O)[O-])cc2F)C2CC2)c1. The molecule has 124 valence electrons. The zero-order valence-corrected chi connectivity index (χ0v) is 13.2. The van der Waals surface area contributed by atoms with Gasteiger partial charge in [-0.05, 0) is 31.4 Å². The first-order valence-electron chi connectivity index (χ1n) is 7.76. The third kappa shape index (κ3) is 3.42. The molecule has 0 bridgehead atoms. The fourth-order valence-corrected chi connectivity index (χ4v) is 2.71. The number of nitro groups is 1. The summed E-state index contributed by atoms with van der Waals surface area (Å²) in [6, 6.07) is 11.1. The summed E-state index contributed by atoms with van der Waals surface area (Å²) in [5.74, 6) is -1.28. The summed E-state index contributed by atoms with van der Waals surface area (Å²) in [4.78, 5) is 24.4. The number of rotatable bonds is 5. The van der Waals surface area contributed by atoms with Crippen molar-refractivity contribution in [2.24, 2.45) is 0 Å². The number of carbonyl (C=O) groups excluding carboxylic acids is 1. The molecule has 1 fully saturated rings. The highest BCUT2D eigenvalue weighted by Crippen LogP contribution is 2.31. The zero-order chi connectivity index (χ0) is 17.3. The second-order valence-corrected chi connectivity index (χ2v) is 6.07. The van der Waals surface area contributed by atoms with Crippen LogP contribution in [0.3, 0.4) is 0 Å². The minimum absolute atomic E-state index is 0.104. The van der Waals surface area contributed by atoms with Gasteiger partial charge in [-0.1, -0.05) is 29.8 Å². The number of nitrogens with zero attached hydrogens (tertiary/aromatic N) is 2. The van der Waals surface area contributed by atoms with Gasteiger partial charge in [0.15, 0.2) is 0 Å². The smallest absolute Gasteiger partial charge is 0.272 e. The second kappa shape index (κ2) is 6.39. The van der Waals surface area contributed by atoms with Crippen molar-refractivity contribution in [3.05, 3.63) is 75.1 Å². The number of hydrogen-bond acceptors (Lipinski definition) is 3. The number of halogens is 1. The number of benzene rings is 2. The lowest BCUT2D eigenvalue weighted by molar-refractivity contribution is -0.385. The van der Waals surface area contributed by atoms with E-state index in [2.05, 4.69) is 0 Å². The Morgan fingerprint density at radius 3 is 2.62 bits per heavy atom. The number of nitro benzene ring substituents is 1. The first kappa shape index (κ1) is 16.1. The maximum atomic E-state index is 14.2. The van der Waals surface area contributed by atoms with E-state index in [0.29, 0.717) is 6.54 Å². The number of hydrogen-bond donors (Lipinski definition) is 0. The van der Waals surface area contributed by atoms with Crippen LogP contribution in [0.5, 0.6) is 0 Å². The highest BCUT2D eigenvalue weighted by molar-refractivity contribution is 5.95. The number of non-ortho nitro benzene ring substituents is 1. The lowest BCUT2D eigenvalue weighted by Gasteiger charge is -2.23. The molecule has 0 heterocycles. The van der Waals surface area contributed by atoms with E-state index in [-0.39, 0.29) is 17.3 Å². The molecule has 5 nitrogen and oxygen atoms in total. The van der Waals surface area contributed by atoms with Crippen LogP contribution >= 0.6 is 0 Å². The number of aryl methyl sites for hydroxylation is 1. The molecular weight excluding hydrogens is 311 g/mol. The Labute approximate surface area is 138 Å². The van der Waals surface area contributed by atoms with Crippen LogP contribution in [0.4, 0.5) is 10.1 Å². The Kier molecular flexibility index (Phi) is 4.29. The molecule has 3 rings (SSSR count). The predicted molar refractivity (Wildman–Crippen MR) is 87.1 cm³/mol. The first-order valence-corrected chi connectivity index (χ1v) is 7.76. The van der Waals surface area contributed by atoms with Gasteiger partial charge in [0, 0.05) is 18.7 Å². The molecule has 1 amide bonds. The molecule has 0 spiro atoms. The fourth-order valence-electron chi connectivity index (χ4n) is 2.71. The van der Waals surface area contributed by atoms with Crippen molar-refractivity contribution in [1.82, 2.24) is 4.90 Å². The largest absolute Gasteiger partial charge is 0.331 e. The van der Waals surface area contributed by atoms with Gasteiger partial charge in [0.2, 0.25) is 0 Å². The van der Waals surface area contributed by atoms with Crippen LogP contribution in [0.2, 0.25) is 0 Å². The average Bonchev–Trinajstić information content (AvgIpc) is 3.36. The molecule has 2 aromatic rings. The molecular formula is C18H17FN2O3. The number of amides is 1. The lowest BCUT2D eigenvalue weighted by Crippen LogP contribution is -2.33. The van der Waals surface area contributed by atoms with E-state index in [4.69, 9.17) is 0 Å². The number of carbonyl (C=O) groups is 1. The first-order chi connectivity index (χ1) is 11.5. The Bertz CT molecular complexity index is 803. The summed E-state index contributed by atoms with van der Waals surface area (Å²) >= 11 is 0. The van der Waals surface area contributed by atoms with Gasteiger partial charge in [0.1, 0.15) is 5.82 Å². The maximum Gasteiger partial charge on any atom is 0.272 e. The Morgan fingerprint density at radius 1 is 1.29 bits per heavy atom. The molecule has 6 heteroatoms. The van der Waals surface area contributed by atoms with Gasteiger partial charge in [0.05, 0.1) is 16.6 Å². The average molecular weight is 328 g/mol. The van der Waals surface area contributed by atoms with Crippen molar-refractivity contribution in [1.29, 1.82) is 0 Å². The van der Waals surface area contributed by atoms with Gasteiger partial charge < -0.3 is 4.90 Å². The molecule has 0 N–H and O–H groups in total. The molecule has 2 aromatic carbocycles. The summed E-state index contributed by atoms with van der Waals surface area (Å²) in [7, 11) is 0. The molecule has 0 aliphatic heterocycles. The van der Waals surface area contributed by atoms with E-state index >= 15 is 0 Å². The van der Waals surface area contributed by atoms with Crippen molar-refractivity contribution >= 4 is 11.6 Å². The second-order valence-electron chi connectivity index (χ2n) is 6.07. The summed E-state index contributed by atoms with van der Waals surface area (Å²) in [5, 5.41) is 10.7. The van der Waals surface area contributed by atoms with E-state index in [9.17, 15) is 19.3 Å². The van der Waals surface area contributed by atoms with Crippen molar-refractivity contribution in [3.8, 4) is 0 Å². The van der Waals surface area contributed by atoms with Crippen LogP contribution in [0.1, 0.15) is 34.3 Å². The summed E-state index contributed by atoms with van der Waals surface area (Å²) in [5.41, 5.74) is 1.59. The molecule has 1 aliphatic carbocycles. The van der Waals surface area contributed by atoms with Gasteiger partial charge in [0.25, 0.3) is 11.6 Å². The Hall–Kier alpha value is -2.76. The Morgan fingerprint density at radius 2 is 2.04 bits per heavy atom. The van der Waals surface area contributed by atoms with E-state index in [1.807, 2.05) is 31.2 Å². The van der Waals surface area contributed by atoms with E-state index < -0.39 is 16.6 Å². The fraction of sp³-hybridized carbons (Fsp3) is 0.278. The van der Waals surface area contributed by atoms with E-state index in [0.717, 1.165) is 36.1 Å². The van der Waals surface area contributed by atoms with Crippen molar-refractivity contribution in [3.63, 3.8) is 0 Å². The summed E-state index contributed by atoms with van der Waals surface area (Å²) in [6.07, 6.45) is 1.79. The normalized spacial score (nSPS) is 13.6. The quantitative estimate of drug-likeness (QED) is 0.618. The van der Waals surface area contributed by atoms with Gasteiger partial charge in [-0.25, -0.2) is 4.39 Å². The molecule has 1 saturated carbocycles. The highest BCUT2D eigenvalue weighted by Gasteiger charge is 2.34. The van der Waals surface area contributed by atoms with Crippen molar-refractivity contribution in [2.45, 2.75) is 32.4 Å². The highest BCUT2D eigenvalue weighted by atomic mass is 19.1. The Balaban J connectivity index is 1.86. The minimum Gasteiger partial charge on any atom is -0.331 e. The molecule has 0 aromatic heterocycles. The minimum atomic E-state index is -0.857. The third-order valence-electron chi connectivity index (χ3n) is 4.08. The molecule has 0 radical (unpaired) electrons. The van der Waals surface area contributed by atoms with Gasteiger partial charge in [-0.15, -0.1) is 0 Å².